The maximum Gasteiger partial charge on any atom is 0.286 e. The zero-order chi connectivity index (χ0) is 14.9. The van der Waals surface area contributed by atoms with Gasteiger partial charge in [-0.05, 0) is 37.7 Å². The molecule has 0 radical (unpaired) electrons. The molecule has 6 heteroatoms. The maximum atomic E-state index is 12.0. The lowest BCUT2D eigenvalue weighted by atomic mass is 9.93. The number of nitrogens with zero attached hydrogens (tertiary/aromatic N) is 1. The number of aromatic nitrogens is 1. The second-order valence-electron chi connectivity index (χ2n) is 6.04. The maximum absolute atomic E-state index is 12.0. The summed E-state index contributed by atoms with van der Waals surface area (Å²) < 4.78 is 24.7. The second-order valence-corrected chi connectivity index (χ2v) is 8.27. The summed E-state index contributed by atoms with van der Waals surface area (Å²) in [5.41, 5.74) is 2.72. The lowest BCUT2D eigenvalue weighted by Crippen LogP contribution is -2.46. The SMILES string of the molecule is O=C(C[n+]1ccc2c(c1)CCCC2)N[C@@H]1CCS(=O)(=O)C1. The van der Waals surface area contributed by atoms with Crippen molar-refractivity contribution in [3.8, 4) is 0 Å². The van der Waals surface area contributed by atoms with Crippen molar-refractivity contribution in [2.24, 2.45) is 0 Å². The number of nitrogens with one attached hydrogen (secondary N) is 1. The van der Waals surface area contributed by atoms with Crippen molar-refractivity contribution in [3.05, 3.63) is 29.6 Å². The van der Waals surface area contributed by atoms with Crippen LogP contribution in [0.3, 0.4) is 0 Å². The molecule has 1 aliphatic heterocycles. The summed E-state index contributed by atoms with van der Waals surface area (Å²) in [6.07, 6.45) is 9.19. The highest BCUT2D eigenvalue weighted by atomic mass is 32.2. The molecule has 0 unspecified atom stereocenters. The quantitative estimate of drug-likeness (QED) is 0.809. The van der Waals surface area contributed by atoms with Gasteiger partial charge in [0.25, 0.3) is 5.91 Å². The van der Waals surface area contributed by atoms with Crippen LogP contribution in [0.25, 0.3) is 0 Å². The number of pyridine rings is 1. The number of carbonyl (C=O) groups is 1. The predicted molar refractivity (Wildman–Crippen MR) is 78.5 cm³/mol. The Morgan fingerprint density at radius 1 is 1.29 bits per heavy atom. The average Bonchev–Trinajstić information content (AvgIpc) is 2.77. The van der Waals surface area contributed by atoms with Gasteiger partial charge in [-0.2, -0.15) is 4.57 Å². The lowest BCUT2D eigenvalue weighted by Gasteiger charge is -2.13. The van der Waals surface area contributed by atoms with Gasteiger partial charge in [-0.3, -0.25) is 4.79 Å². The minimum Gasteiger partial charge on any atom is -0.347 e. The van der Waals surface area contributed by atoms with Crippen molar-refractivity contribution < 1.29 is 17.8 Å². The van der Waals surface area contributed by atoms with E-state index >= 15 is 0 Å². The van der Waals surface area contributed by atoms with Crippen LogP contribution >= 0.6 is 0 Å². The molecular weight excluding hydrogens is 288 g/mol. The van der Waals surface area contributed by atoms with Gasteiger partial charge in [0.2, 0.25) is 6.54 Å². The molecular formula is C15H21N2O3S+. The highest BCUT2D eigenvalue weighted by Gasteiger charge is 2.29. The Kier molecular flexibility index (Phi) is 3.97. The van der Waals surface area contributed by atoms with E-state index in [4.69, 9.17) is 0 Å². The minimum atomic E-state index is -2.95. The molecule has 1 fully saturated rings. The van der Waals surface area contributed by atoms with E-state index in [2.05, 4.69) is 17.6 Å². The van der Waals surface area contributed by atoms with Crippen LogP contribution in [0.4, 0.5) is 0 Å². The van der Waals surface area contributed by atoms with Gasteiger partial charge in [-0.25, -0.2) is 8.42 Å². The number of rotatable bonds is 3. The topological polar surface area (TPSA) is 67.1 Å². The number of carbonyl (C=O) groups excluding carboxylic acids is 1. The molecule has 0 bridgehead atoms. The van der Waals surface area contributed by atoms with Gasteiger partial charge in [-0.15, -0.1) is 0 Å². The molecule has 0 aromatic carbocycles. The van der Waals surface area contributed by atoms with E-state index in [-0.39, 0.29) is 30.0 Å². The molecule has 1 atom stereocenters. The second kappa shape index (κ2) is 5.75. The predicted octanol–water partition coefficient (Wildman–Crippen LogP) is 0.156. The van der Waals surface area contributed by atoms with Crippen LogP contribution in [0.5, 0.6) is 0 Å². The van der Waals surface area contributed by atoms with E-state index in [0.29, 0.717) is 6.42 Å². The van der Waals surface area contributed by atoms with Gasteiger partial charge in [0, 0.05) is 17.7 Å². The van der Waals surface area contributed by atoms with Crippen LogP contribution in [0, 0.1) is 0 Å². The fourth-order valence-electron chi connectivity index (χ4n) is 3.17. The monoisotopic (exact) mass is 309 g/mol. The molecule has 114 valence electrons. The molecule has 1 N–H and O–H groups in total. The Labute approximate surface area is 125 Å². The number of fused-ring (bicyclic) bond motifs is 1. The zero-order valence-electron chi connectivity index (χ0n) is 12.0. The van der Waals surface area contributed by atoms with Crippen molar-refractivity contribution in [2.75, 3.05) is 11.5 Å². The van der Waals surface area contributed by atoms with Crippen LogP contribution in [0.15, 0.2) is 18.5 Å². The average molecular weight is 309 g/mol. The van der Waals surface area contributed by atoms with Crippen LogP contribution in [-0.4, -0.2) is 31.9 Å². The van der Waals surface area contributed by atoms with Crippen LogP contribution in [-0.2, 0) is 34.0 Å². The fraction of sp³-hybridized carbons (Fsp3) is 0.600. The van der Waals surface area contributed by atoms with Crippen molar-refractivity contribution in [3.63, 3.8) is 0 Å². The number of aryl methyl sites for hydroxylation is 2. The largest absolute Gasteiger partial charge is 0.347 e. The van der Waals surface area contributed by atoms with Gasteiger partial charge in [0.05, 0.1) is 11.5 Å². The first-order valence-electron chi connectivity index (χ1n) is 7.52. The van der Waals surface area contributed by atoms with E-state index in [1.807, 2.05) is 10.8 Å². The van der Waals surface area contributed by atoms with Crippen LogP contribution < -0.4 is 9.88 Å². The number of sulfone groups is 1. The molecule has 21 heavy (non-hydrogen) atoms. The van der Waals surface area contributed by atoms with Gasteiger partial charge < -0.3 is 5.32 Å². The molecule has 1 aromatic rings. The third-order valence-corrected chi connectivity index (χ3v) is 6.04. The highest BCUT2D eigenvalue weighted by molar-refractivity contribution is 7.91. The normalized spacial score (nSPS) is 23.5. The van der Waals surface area contributed by atoms with E-state index in [1.54, 1.807) is 0 Å². The summed E-state index contributed by atoms with van der Waals surface area (Å²) in [4.78, 5) is 12.0. The molecule has 2 heterocycles. The Hall–Kier alpha value is -1.43. The Balaban J connectivity index is 1.60. The van der Waals surface area contributed by atoms with Gasteiger partial charge in [0.15, 0.2) is 22.2 Å². The first-order valence-corrected chi connectivity index (χ1v) is 9.35. The minimum absolute atomic E-state index is 0.0770. The van der Waals surface area contributed by atoms with Gasteiger partial charge >= 0.3 is 0 Å². The van der Waals surface area contributed by atoms with Crippen molar-refractivity contribution in [2.45, 2.75) is 44.7 Å². The summed E-state index contributed by atoms with van der Waals surface area (Å²) in [6, 6.07) is 1.88. The summed E-state index contributed by atoms with van der Waals surface area (Å²) in [7, 11) is -2.95. The van der Waals surface area contributed by atoms with Gasteiger partial charge in [-0.1, -0.05) is 0 Å². The summed E-state index contributed by atoms with van der Waals surface area (Å²) >= 11 is 0. The van der Waals surface area contributed by atoms with Crippen molar-refractivity contribution in [1.29, 1.82) is 0 Å². The van der Waals surface area contributed by atoms with Crippen LogP contribution in [0.2, 0.25) is 0 Å². The molecule has 1 aliphatic carbocycles. The molecule has 3 rings (SSSR count). The smallest absolute Gasteiger partial charge is 0.286 e. The molecule has 2 aliphatic rings. The number of hydrogen-bond acceptors (Lipinski definition) is 3. The molecule has 0 saturated carbocycles. The summed E-state index contributed by atoms with van der Waals surface area (Å²) in [6.45, 7) is 0.254. The third-order valence-electron chi connectivity index (χ3n) is 4.27. The van der Waals surface area contributed by atoms with E-state index in [1.165, 1.54) is 24.0 Å². The summed E-state index contributed by atoms with van der Waals surface area (Å²) in [5, 5.41) is 2.82. The molecule has 5 nitrogen and oxygen atoms in total. The van der Waals surface area contributed by atoms with Crippen molar-refractivity contribution >= 4 is 15.7 Å². The van der Waals surface area contributed by atoms with E-state index in [9.17, 15) is 13.2 Å². The first-order chi connectivity index (χ1) is 10.0. The Morgan fingerprint density at radius 3 is 2.76 bits per heavy atom. The Bertz CT molecular complexity index is 655. The van der Waals surface area contributed by atoms with E-state index in [0.717, 1.165) is 12.8 Å². The standard InChI is InChI=1S/C15H20N2O3S/c18-15(16-14-6-8-21(19,20)11-14)10-17-7-5-12-3-1-2-4-13(12)9-17/h5,7,9,14H,1-4,6,8,10-11H2/p+1/t14-/m1/s1. The molecule has 1 amide bonds. The molecule has 0 spiro atoms. The Morgan fingerprint density at radius 2 is 2.05 bits per heavy atom. The highest BCUT2D eigenvalue weighted by Crippen LogP contribution is 2.18. The lowest BCUT2D eigenvalue weighted by molar-refractivity contribution is -0.685. The van der Waals surface area contributed by atoms with Gasteiger partial charge in [0.1, 0.15) is 0 Å². The number of hydrogen-bond donors (Lipinski definition) is 1. The fourth-order valence-corrected chi connectivity index (χ4v) is 4.84. The molecule has 1 aromatic heterocycles. The van der Waals surface area contributed by atoms with Crippen LogP contribution in [0.1, 0.15) is 30.4 Å². The van der Waals surface area contributed by atoms with Crippen molar-refractivity contribution in [1.82, 2.24) is 5.32 Å². The third kappa shape index (κ3) is 3.61. The number of amides is 1. The summed E-state index contributed by atoms with van der Waals surface area (Å²) in [5.74, 6) is 0.148. The molecule has 1 saturated heterocycles. The first kappa shape index (κ1) is 14.5. The van der Waals surface area contributed by atoms with E-state index < -0.39 is 9.84 Å². The zero-order valence-corrected chi connectivity index (χ0v) is 12.9.